The van der Waals surface area contributed by atoms with Crippen LogP contribution in [-0.2, 0) is 23.9 Å². The van der Waals surface area contributed by atoms with E-state index < -0.39 is 58.8 Å². The van der Waals surface area contributed by atoms with Gasteiger partial charge in [0.15, 0.2) is 5.78 Å². The van der Waals surface area contributed by atoms with Crippen molar-refractivity contribution in [2.45, 2.75) is 92.3 Å². The number of amides is 3. The zero-order chi connectivity index (χ0) is 27.6. The first-order valence-electron chi connectivity index (χ1n) is 12.7. The Labute approximate surface area is 213 Å². The van der Waals surface area contributed by atoms with Gasteiger partial charge in [-0.05, 0) is 42.4 Å². The number of rotatable bonds is 8. The topological polar surface area (TPSA) is 142 Å². The van der Waals surface area contributed by atoms with Crippen molar-refractivity contribution in [3.05, 3.63) is 0 Å². The number of ketones is 1. The van der Waals surface area contributed by atoms with Gasteiger partial charge in [0.1, 0.15) is 12.1 Å². The summed E-state index contributed by atoms with van der Waals surface area (Å²) in [6.45, 7) is 12.9. The molecule has 10 nitrogen and oxygen atoms in total. The number of hydrogen-bond acceptors (Lipinski definition) is 6. The number of methoxy groups -OCH3 is 1. The molecule has 1 heterocycles. The Morgan fingerprint density at radius 3 is 2.11 bits per heavy atom. The van der Waals surface area contributed by atoms with Crippen LogP contribution in [0.4, 0.5) is 4.79 Å². The normalized spacial score (nSPS) is 24.3. The first kappa shape index (κ1) is 29.6. The van der Waals surface area contributed by atoms with Crippen LogP contribution in [0.1, 0.15) is 74.1 Å². The Morgan fingerprint density at radius 2 is 1.61 bits per heavy atom. The van der Waals surface area contributed by atoms with Crippen LogP contribution < -0.4 is 10.6 Å². The third-order valence-corrected chi connectivity index (χ3v) is 7.60. The van der Waals surface area contributed by atoms with Gasteiger partial charge in [0.2, 0.25) is 11.8 Å². The predicted molar refractivity (Wildman–Crippen MR) is 133 cm³/mol. The molecule has 2 fully saturated rings. The number of carbonyl (C=O) groups is 5. The van der Waals surface area contributed by atoms with Gasteiger partial charge in [0.25, 0.3) is 0 Å². The Balaban J connectivity index is 2.26. The van der Waals surface area contributed by atoms with E-state index in [9.17, 15) is 29.1 Å². The van der Waals surface area contributed by atoms with Gasteiger partial charge in [-0.25, -0.2) is 9.59 Å². The molecule has 36 heavy (non-hydrogen) atoms. The Morgan fingerprint density at radius 1 is 1.00 bits per heavy atom. The summed E-state index contributed by atoms with van der Waals surface area (Å²) in [7, 11) is 1.20. The standard InChI is InChI=1S/C26H43N3O7/c1-14(27-24(35)36-8)18(30)12-17(25(2,3)4)21(31)28-20(26(5,6)7)22(32)29-13-15-10-9-11-16(15)19(29)23(33)34/h14-17,19-20H,9-13H2,1-8H3,(H,27,35)(H,28,31)(H,33,34)/t14-,15-,16-,17+,19?,20+/m0/s1. The van der Waals surface area contributed by atoms with Crippen LogP contribution >= 0.6 is 0 Å². The number of hydrogen-bond donors (Lipinski definition) is 3. The summed E-state index contributed by atoms with van der Waals surface area (Å²) >= 11 is 0. The predicted octanol–water partition coefficient (Wildman–Crippen LogP) is 2.60. The number of nitrogens with zero attached hydrogens (tertiary/aromatic N) is 1. The summed E-state index contributed by atoms with van der Waals surface area (Å²) in [6.07, 6.45) is 1.76. The SMILES string of the molecule is COC(=O)N[C@@H](C)C(=O)C[C@H](C(=O)N[C@H](C(=O)N1C[C@@H]2CCC[C@@H]2C1C(=O)O)C(C)(C)C)C(C)(C)C. The number of aliphatic carboxylic acids is 1. The van der Waals surface area contributed by atoms with E-state index in [0.717, 1.165) is 19.3 Å². The Hall–Kier alpha value is -2.65. The molecule has 1 aliphatic carbocycles. The van der Waals surface area contributed by atoms with Crippen molar-refractivity contribution in [2.24, 2.45) is 28.6 Å². The maximum absolute atomic E-state index is 13.8. The summed E-state index contributed by atoms with van der Waals surface area (Å²) in [6, 6.07) is -2.70. The summed E-state index contributed by atoms with van der Waals surface area (Å²) in [5.41, 5.74) is -1.32. The number of Topliss-reactive ketones (excluding diaryl/α,β-unsaturated/α-hetero) is 1. The first-order valence-corrected chi connectivity index (χ1v) is 12.7. The van der Waals surface area contributed by atoms with Crippen LogP contribution in [0.15, 0.2) is 0 Å². The van der Waals surface area contributed by atoms with Gasteiger partial charge in [-0.15, -0.1) is 0 Å². The minimum atomic E-state index is -1.01. The number of alkyl carbamates (subject to hydrolysis) is 1. The number of carbonyl (C=O) groups excluding carboxylic acids is 4. The third kappa shape index (κ3) is 6.76. The molecule has 10 heteroatoms. The van der Waals surface area contributed by atoms with Crippen LogP contribution in [0.5, 0.6) is 0 Å². The fourth-order valence-corrected chi connectivity index (χ4v) is 5.39. The first-order chi connectivity index (χ1) is 16.5. The van der Waals surface area contributed by atoms with Crippen molar-refractivity contribution < 1.29 is 33.8 Å². The summed E-state index contributed by atoms with van der Waals surface area (Å²) in [4.78, 5) is 65.2. The van der Waals surface area contributed by atoms with Gasteiger partial charge >= 0.3 is 12.1 Å². The van der Waals surface area contributed by atoms with Gasteiger partial charge in [0.05, 0.1) is 13.2 Å². The van der Waals surface area contributed by atoms with Gasteiger partial charge in [-0.2, -0.15) is 0 Å². The van der Waals surface area contributed by atoms with E-state index in [4.69, 9.17) is 0 Å². The number of ether oxygens (including phenoxy) is 1. The summed E-state index contributed by atoms with van der Waals surface area (Å²) in [5.74, 6) is -2.90. The molecular formula is C26H43N3O7. The van der Waals surface area contributed by atoms with E-state index in [1.165, 1.54) is 18.9 Å². The van der Waals surface area contributed by atoms with E-state index in [2.05, 4.69) is 15.4 Å². The van der Waals surface area contributed by atoms with Crippen LogP contribution in [-0.4, -0.2) is 71.4 Å². The highest BCUT2D eigenvalue weighted by Gasteiger charge is 2.52. The van der Waals surface area contributed by atoms with Crippen molar-refractivity contribution in [2.75, 3.05) is 13.7 Å². The molecule has 1 unspecified atom stereocenters. The zero-order valence-electron chi connectivity index (χ0n) is 22.8. The lowest BCUT2D eigenvalue weighted by Gasteiger charge is -2.38. The van der Waals surface area contributed by atoms with E-state index in [-0.39, 0.29) is 24.0 Å². The number of carboxylic acids is 1. The van der Waals surface area contributed by atoms with E-state index >= 15 is 0 Å². The highest BCUT2D eigenvalue weighted by atomic mass is 16.5. The number of likely N-dealkylation sites (tertiary alicyclic amines) is 1. The fraction of sp³-hybridized carbons (Fsp3) is 0.808. The smallest absolute Gasteiger partial charge is 0.407 e. The van der Waals surface area contributed by atoms with Gasteiger partial charge in [-0.3, -0.25) is 14.4 Å². The molecule has 0 aromatic carbocycles. The number of fused-ring (bicyclic) bond motifs is 1. The average Bonchev–Trinajstić information content (AvgIpc) is 3.34. The molecule has 3 amide bonds. The van der Waals surface area contributed by atoms with Crippen LogP contribution in [0.3, 0.4) is 0 Å². The van der Waals surface area contributed by atoms with Crippen LogP contribution in [0.25, 0.3) is 0 Å². The van der Waals surface area contributed by atoms with Gasteiger partial charge in [0, 0.05) is 18.9 Å². The lowest BCUT2D eigenvalue weighted by Crippen LogP contribution is -2.59. The highest BCUT2D eigenvalue weighted by molar-refractivity contribution is 5.95. The third-order valence-electron chi connectivity index (χ3n) is 7.60. The van der Waals surface area contributed by atoms with Gasteiger partial charge in [-0.1, -0.05) is 48.0 Å². The average molecular weight is 510 g/mol. The Bertz CT molecular complexity index is 874. The van der Waals surface area contributed by atoms with Crippen molar-refractivity contribution in [1.29, 1.82) is 0 Å². The molecule has 0 radical (unpaired) electrons. The molecule has 0 aromatic rings. The summed E-state index contributed by atoms with van der Waals surface area (Å²) < 4.78 is 4.54. The van der Waals surface area contributed by atoms with E-state index in [1.54, 1.807) is 0 Å². The lowest BCUT2D eigenvalue weighted by molar-refractivity contribution is -0.152. The zero-order valence-corrected chi connectivity index (χ0v) is 22.8. The van der Waals surface area contributed by atoms with Crippen LogP contribution in [0.2, 0.25) is 0 Å². The number of carboxylic acid groups (broad SMARTS) is 1. The van der Waals surface area contributed by atoms with E-state index in [0.29, 0.717) is 6.54 Å². The molecule has 0 bridgehead atoms. The minimum absolute atomic E-state index is 0.0634. The Kier molecular flexibility index (Phi) is 9.18. The second-order valence-corrected chi connectivity index (χ2v) is 12.4. The molecule has 2 rings (SSSR count). The minimum Gasteiger partial charge on any atom is -0.480 e. The van der Waals surface area contributed by atoms with E-state index in [1.807, 2.05) is 41.5 Å². The molecular weight excluding hydrogens is 466 g/mol. The fourth-order valence-electron chi connectivity index (χ4n) is 5.39. The van der Waals surface area contributed by atoms with Crippen molar-refractivity contribution in [1.82, 2.24) is 15.5 Å². The quantitative estimate of drug-likeness (QED) is 0.456. The second-order valence-electron chi connectivity index (χ2n) is 12.4. The molecule has 6 atom stereocenters. The lowest BCUT2D eigenvalue weighted by atomic mass is 9.76. The molecule has 0 spiro atoms. The van der Waals surface area contributed by atoms with Crippen molar-refractivity contribution in [3.8, 4) is 0 Å². The number of nitrogens with one attached hydrogen (secondary N) is 2. The van der Waals surface area contributed by atoms with Crippen molar-refractivity contribution in [3.63, 3.8) is 0 Å². The molecule has 204 valence electrons. The summed E-state index contributed by atoms with van der Waals surface area (Å²) in [5, 5.41) is 15.2. The van der Waals surface area contributed by atoms with Crippen molar-refractivity contribution >= 4 is 29.7 Å². The largest absolute Gasteiger partial charge is 0.480 e. The highest BCUT2D eigenvalue weighted by Crippen LogP contribution is 2.43. The maximum Gasteiger partial charge on any atom is 0.407 e. The molecule has 2 aliphatic rings. The molecule has 0 aromatic heterocycles. The van der Waals surface area contributed by atoms with Gasteiger partial charge < -0.3 is 25.4 Å². The second kappa shape index (κ2) is 11.2. The monoisotopic (exact) mass is 509 g/mol. The molecule has 1 saturated heterocycles. The van der Waals surface area contributed by atoms with Crippen LogP contribution in [0, 0.1) is 28.6 Å². The molecule has 3 N–H and O–H groups in total. The maximum atomic E-state index is 13.8. The molecule has 1 saturated carbocycles. The molecule has 1 aliphatic heterocycles.